The van der Waals surface area contributed by atoms with E-state index in [4.69, 9.17) is 10.5 Å². The van der Waals surface area contributed by atoms with Crippen LogP contribution in [0.4, 0.5) is 4.79 Å². The zero-order chi connectivity index (χ0) is 18.7. The molecule has 1 aromatic carbocycles. The van der Waals surface area contributed by atoms with Crippen LogP contribution in [0.1, 0.15) is 38.7 Å². The molecule has 1 aliphatic carbocycles. The van der Waals surface area contributed by atoms with Crippen LogP contribution in [0.3, 0.4) is 0 Å². The number of carbonyl (C=O) groups is 2. The van der Waals surface area contributed by atoms with Crippen molar-refractivity contribution in [3.8, 4) is 0 Å². The van der Waals surface area contributed by atoms with E-state index in [1.165, 1.54) is 0 Å². The van der Waals surface area contributed by atoms with Crippen molar-refractivity contribution in [2.24, 2.45) is 11.7 Å². The van der Waals surface area contributed by atoms with Crippen LogP contribution in [0, 0.1) is 5.92 Å². The SMILES string of the molecule is CC(C)[C@H](N)C(=O)N1CCC(N(C(=O)OCc2ccccc2)C2CC2)C1. The summed E-state index contributed by atoms with van der Waals surface area (Å²) in [5.74, 6) is 0.0906. The summed E-state index contributed by atoms with van der Waals surface area (Å²) in [7, 11) is 0. The van der Waals surface area contributed by atoms with Gasteiger partial charge in [0.25, 0.3) is 0 Å². The summed E-state index contributed by atoms with van der Waals surface area (Å²) in [5, 5.41) is 0. The third-order valence-electron chi connectivity index (χ3n) is 5.23. The summed E-state index contributed by atoms with van der Waals surface area (Å²) in [4.78, 5) is 28.8. The molecular weight excluding hydrogens is 330 g/mol. The van der Waals surface area contributed by atoms with Gasteiger partial charge in [-0.3, -0.25) is 4.79 Å². The van der Waals surface area contributed by atoms with Crippen molar-refractivity contribution >= 4 is 12.0 Å². The largest absolute Gasteiger partial charge is 0.445 e. The van der Waals surface area contributed by atoms with E-state index in [9.17, 15) is 9.59 Å². The molecule has 2 atom stereocenters. The number of carbonyl (C=O) groups excluding carboxylic acids is 2. The zero-order valence-corrected chi connectivity index (χ0v) is 15.6. The number of amides is 2. The van der Waals surface area contributed by atoms with Crippen molar-refractivity contribution in [2.75, 3.05) is 13.1 Å². The Kier molecular flexibility index (Phi) is 5.81. The zero-order valence-electron chi connectivity index (χ0n) is 15.6. The first-order valence-corrected chi connectivity index (χ1v) is 9.50. The van der Waals surface area contributed by atoms with Gasteiger partial charge >= 0.3 is 6.09 Å². The molecular formula is C20H29N3O3. The summed E-state index contributed by atoms with van der Waals surface area (Å²) < 4.78 is 5.54. The van der Waals surface area contributed by atoms with Crippen molar-refractivity contribution in [1.29, 1.82) is 0 Å². The van der Waals surface area contributed by atoms with Crippen LogP contribution in [-0.4, -0.2) is 53.0 Å². The molecule has 2 N–H and O–H groups in total. The third-order valence-corrected chi connectivity index (χ3v) is 5.23. The van der Waals surface area contributed by atoms with E-state index in [2.05, 4.69) is 0 Å². The van der Waals surface area contributed by atoms with Crippen molar-refractivity contribution in [2.45, 2.75) is 57.8 Å². The van der Waals surface area contributed by atoms with Gasteiger partial charge in [0.05, 0.1) is 12.1 Å². The molecule has 6 nitrogen and oxygen atoms in total. The number of nitrogens with zero attached hydrogens (tertiary/aromatic N) is 2. The fraction of sp³-hybridized carbons (Fsp3) is 0.600. The molecule has 6 heteroatoms. The van der Waals surface area contributed by atoms with E-state index in [1.807, 2.05) is 49.1 Å². The van der Waals surface area contributed by atoms with E-state index < -0.39 is 6.04 Å². The molecule has 2 aliphatic rings. The predicted molar refractivity (Wildman–Crippen MR) is 99.3 cm³/mol. The number of ether oxygens (including phenoxy) is 1. The molecule has 1 aliphatic heterocycles. The van der Waals surface area contributed by atoms with Crippen molar-refractivity contribution in [3.63, 3.8) is 0 Å². The molecule has 1 aromatic rings. The molecule has 0 spiro atoms. The fourth-order valence-corrected chi connectivity index (χ4v) is 3.41. The quantitative estimate of drug-likeness (QED) is 0.846. The van der Waals surface area contributed by atoms with Gasteiger partial charge in [-0.25, -0.2) is 4.79 Å². The van der Waals surface area contributed by atoms with E-state index in [1.54, 1.807) is 4.90 Å². The molecule has 1 heterocycles. The second-order valence-electron chi connectivity index (χ2n) is 7.68. The highest BCUT2D eigenvalue weighted by atomic mass is 16.6. The Morgan fingerprint density at radius 1 is 1.19 bits per heavy atom. The van der Waals surface area contributed by atoms with Crippen LogP contribution < -0.4 is 5.73 Å². The molecule has 1 unspecified atom stereocenters. The molecule has 0 bridgehead atoms. The van der Waals surface area contributed by atoms with Gasteiger partial charge in [0, 0.05) is 19.1 Å². The highest BCUT2D eigenvalue weighted by Crippen LogP contribution is 2.32. The first-order chi connectivity index (χ1) is 12.5. The first-order valence-electron chi connectivity index (χ1n) is 9.50. The second kappa shape index (κ2) is 8.08. The average molecular weight is 359 g/mol. The van der Waals surface area contributed by atoms with Crippen LogP contribution >= 0.6 is 0 Å². The van der Waals surface area contributed by atoms with Crippen molar-refractivity contribution in [1.82, 2.24) is 9.80 Å². The Bertz CT molecular complexity index is 630. The highest BCUT2D eigenvalue weighted by molar-refractivity contribution is 5.82. The molecule has 1 saturated carbocycles. The highest BCUT2D eigenvalue weighted by Gasteiger charge is 2.42. The smallest absolute Gasteiger partial charge is 0.410 e. The second-order valence-corrected chi connectivity index (χ2v) is 7.68. The van der Waals surface area contributed by atoms with Gasteiger partial charge in [-0.05, 0) is 30.7 Å². The Morgan fingerprint density at radius 3 is 2.50 bits per heavy atom. The van der Waals surface area contributed by atoms with Crippen LogP contribution in [0.25, 0.3) is 0 Å². The number of nitrogens with two attached hydrogens (primary N) is 1. The summed E-state index contributed by atoms with van der Waals surface area (Å²) in [6.45, 7) is 5.38. The lowest BCUT2D eigenvalue weighted by molar-refractivity contribution is -0.132. The van der Waals surface area contributed by atoms with Gasteiger partial charge in [0.15, 0.2) is 0 Å². The molecule has 0 radical (unpaired) electrons. The lowest BCUT2D eigenvalue weighted by Crippen LogP contribution is -2.48. The van der Waals surface area contributed by atoms with Gasteiger partial charge in [0.2, 0.25) is 5.91 Å². The third kappa shape index (κ3) is 4.36. The molecule has 3 rings (SSSR count). The first kappa shape index (κ1) is 18.7. The van der Waals surface area contributed by atoms with Gasteiger partial charge in [-0.1, -0.05) is 44.2 Å². The van der Waals surface area contributed by atoms with E-state index in [-0.39, 0.29) is 36.6 Å². The number of benzene rings is 1. The van der Waals surface area contributed by atoms with Gasteiger partial charge < -0.3 is 20.3 Å². The Morgan fingerprint density at radius 2 is 1.88 bits per heavy atom. The number of rotatable bonds is 6. The minimum Gasteiger partial charge on any atom is -0.445 e. The summed E-state index contributed by atoms with van der Waals surface area (Å²) in [6, 6.07) is 9.48. The lowest BCUT2D eigenvalue weighted by Gasteiger charge is -2.29. The maximum atomic E-state index is 12.7. The lowest BCUT2D eigenvalue weighted by atomic mass is 10.0. The Labute approximate surface area is 155 Å². The van der Waals surface area contributed by atoms with Crippen LogP contribution in [0.5, 0.6) is 0 Å². The fourth-order valence-electron chi connectivity index (χ4n) is 3.41. The summed E-state index contributed by atoms with van der Waals surface area (Å²) in [5.41, 5.74) is 6.98. The van der Waals surface area contributed by atoms with Gasteiger partial charge in [-0.2, -0.15) is 0 Å². The van der Waals surface area contributed by atoms with E-state index in [0.29, 0.717) is 13.1 Å². The number of hydrogen-bond acceptors (Lipinski definition) is 4. The van der Waals surface area contributed by atoms with Crippen LogP contribution in [-0.2, 0) is 16.1 Å². The maximum absolute atomic E-state index is 12.7. The summed E-state index contributed by atoms with van der Waals surface area (Å²) >= 11 is 0. The predicted octanol–water partition coefficient (Wildman–Crippen LogP) is 2.37. The average Bonchev–Trinajstić information content (AvgIpc) is 3.35. The van der Waals surface area contributed by atoms with Crippen LogP contribution in [0.2, 0.25) is 0 Å². The normalized spacial score (nSPS) is 20.9. The molecule has 2 fully saturated rings. The number of hydrogen-bond donors (Lipinski definition) is 1. The number of likely N-dealkylation sites (tertiary alicyclic amines) is 1. The van der Waals surface area contributed by atoms with Gasteiger partial charge in [0.1, 0.15) is 6.61 Å². The summed E-state index contributed by atoms with van der Waals surface area (Å²) in [6.07, 6.45) is 2.53. The Balaban J connectivity index is 1.58. The maximum Gasteiger partial charge on any atom is 0.410 e. The molecule has 0 aromatic heterocycles. The molecule has 142 valence electrons. The Hall–Kier alpha value is -2.08. The minimum absolute atomic E-state index is 0.0177. The van der Waals surface area contributed by atoms with E-state index >= 15 is 0 Å². The van der Waals surface area contributed by atoms with Crippen LogP contribution in [0.15, 0.2) is 30.3 Å². The van der Waals surface area contributed by atoms with Crippen molar-refractivity contribution in [3.05, 3.63) is 35.9 Å². The molecule has 2 amide bonds. The molecule has 1 saturated heterocycles. The van der Waals surface area contributed by atoms with E-state index in [0.717, 1.165) is 24.8 Å². The topological polar surface area (TPSA) is 75.9 Å². The minimum atomic E-state index is -0.479. The van der Waals surface area contributed by atoms with Crippen molar-refractivity contribution < 1.29 is 14.3 Å². The standard InChI is InChI=1S/C20H29N3O3/c1-14(2)18(21)19(24)22-11-10-17(12-22)23(16-8-9-16)20(25)26-13-15-6-4-3-5-7-15/h3-7,14,16-18H,8-13,21H2,1-2H3/t17?,18-/m0/s1. The monoisotopic (exact) mass is 359 g/mol. The molecule has 26 heavy (non-hydrogen) atoms. The van der Waals surface area contributed by atoms with Gasteiger partial charge in [-0.15, -0.1) is 0 Å².